The molecule has 0 aliphatic rings. The second-order valence-electron chi connectivity index (χ2n) is 4.18. The number of carbonyl (C=O) groups excluding carboxylic acids is 1. The summed E-state index contributed by atoms with van der Waals surface area (Å²) in [6.45, 7) is 5.17. The molecule has 2 heterocycles. The van der Waals surface area contributed by atoms with Crippen LogP contribution in [0.4, 0.5) is 0 Å². The number of halogens is 1. The Morgan fingerprint density at radius 3 is 2.85 bits per heavy atom. The highest BCUT2D eigenvalue weighted by Gasteiger charge is 2.10. The molecule has 3 nitrogen and oxygen atoms in total. The van der Waals surface area contributed by atoms with Crippen LogP contribution < -0.4 is 0 Å². The van der Waals surface area contributed by atoms with Crippen LogP contribution in [0.15, 0.2) is 23.6 Å². The number of carbonyl (C=O) groups is 1. The van der Waals surface area contributed by atoms with Gasteiger partial charge in [0.1, 0.15) is 0 Å². The third-order valence-electron chi connectivity index (χ3n) is 2.70. The summed E-state index contributed by atoms with van der Waals surface area (Å²) in [6.07, 6.45) is 3.34. The smallest absolute Gasteiger partial charge is 0.246 e. The summed E-state index contributed by atoms with van der Waals surface area (Å²) in [4.78, 5) is 19.3. The van der Waals surface area contributed by atoms with Crippen LogP contribution in [0.1, 0.15) is 22.5 Å². The number of hydrogen-bond donors (Lipinski definition) is 0. The van der Waals surface area contributed by atoms with Gasteiger partial charge in [0.2, 0.25) is 5.91 Å². The lowest BCUT2D eigenvalue weighted by molar-refractivity contribution is -0.126. The molecule has 0 aromatic carbocycles. The number of aryl methyl sites for hydroxylation is 1. The Morgan fingerprint density at radius 2 is 2.30 bits per heavy atom. The van der Waals surface area contributed by atoms with Gasteiger partial charge in [-0.05, 0) is 32.1 Å². The van der Waals surface area contributed by atoms with E-state index in [1.54, 1.807) is 28.4 Å². The monoisotopic (exact) mass is 326 g/mol. The predicted octanol–water partition coefficient (Wildman–Crippen LogP) is 4.23. The number of thiophene rings is 1. The van der Waals surface area contributed by atoms with Crippen LogP contribution in [-0.2, 0) is 11.3 Å². The first kappa shape index (κ1) is 15.2. The van der Waals surface area contributed by atoms with Crippen molar-refractivity contribution in [3.05, 3.63) is 43.5 Å². The number of aromatic nitrogens is 1. The van der Waals surface area contributed by atoms with Crippen molar-refractivity contribution >= 4 is 46.3 Å². The van der Waals surface area contributed by atoms with Crippen molar-refractivity contribution in [2.45, 2.75) is 20.4 Å². The van der Waals surface area contributed by atoms with Gasteiger partial charge in [0.05, 0.1) is 21.6 Å². The summed E-state index contributed by atoms with van der Waals surface area (Å²) in [5.74, 6) is -0.0114. The normalized spacial score (nSPS) is 11.2. The molecule has 106 valence electrons. The lowest BCUT2D eigenvalue weighted by Gasteiger charge is -2.17. The second kappa shape index (κ2) is 7.02. The van der Waals surface area contributed by atoms with Gasteiger partial charge in [-0.3, -0.25) is 4.79 Å². The molecule has 2 rings (SSSR count). The van der Waals surface area contributed by atoms with E-state index in [0.717, 1.165) is 19.9 Å². The molecular weight excluding hydrogens is 312 g/mol. The minimum atomic E-state index is -0.0114. The zero-order chi connectivity index (χ0) is 14.5. The van der Waals surface area contributed by atoms with Crippen molar-refractivity contribution in [2.75, 3.05) is 6.54 Å². The van der Waals surface area contributed by atoms with Crippen molar-refractivity contribution < 1.29 is 4.79 Å². The average molecular weight is 327 g/mol. The van der Waals surface area contributed by atoms with Crippen LogP contribution in [0, 0.1) is 6.92 Å². The maximum Gasteiger partial charge on any atom is 0.246 e. The van der Waals surface area contributed by atoms with Gasteiger partial charge in [-0.25, -0.2) is 4.98 Å². The molecule has 0 saturated heterocycles. The molecule has 0 saturated carbocycles. The molecule has 0 radical (unpaired) electrons. The molecule has 0 spiro atoms. The van der Waals surface area contributed by atoms with Crippen LogP contribution in [0.2, 0.25) is 4.34 Å². The second-order valence-corrected chi connectivity index (χ2v) is 7.04. The number of rotatable bonds is 5. The van der Waals surface area contributed by atoms with E-state index in [2.05, 4.69) is 4.98 Å². The molecule has 0 fully saturated rings. The van der Waals surface area contributed by atoms with Crippen LogP contribution in [-0.4, -0.2) is 22.3 Å². The predicted molar refractivity (Wildman–Crippen MR) is 86.3 cm³/mol. The molecule has 20 heavy (non-hydrogen) atoms. The fourth-order valence-electron chi connectivity index (χ4n) is 1.69. The third-order valence-corrected chi connectivity index (χ3v) is 4.71. The quantitative estimate of drug-likeness (QED) is 0.770. The summed E-state index contributed by atoms with van der Waals surface area (Å²) < 4.78 is 0.747. The molecule has 6 heteroatoms. The van der Waals surface area contributed by atoms with Crippen molar-refractivity contribution in [1.82, 2.24) is 9.88 Å². The maximum atomic E-state index is 12.2. The Kier molecular flexibility index (Phi) is 5.34. The van der Waals surface area contributed by atoms with E-state index >= 15 is 0 Å². The Hall–Kier alpha value is -1.17. The summed E-state index contributed by atoms with van der Waals surface area (Å²) in [7, 11) is 0. The lowest BCUT2D eigenvalue weighted by atomic mass is 10.3. The Bertz CT molecular complexity index is 618. The van der Waals surface area contributed by atoms with E-state index < -0.39 is 0 Å². The van der Waals surface area contributed by atoms with Crippen molar-refractivity contribution in [3.8, 4) is 0 Å². The van der Waals surface area contributed by atoms with Gasteiger partial charge in [0.15, 0.2) is 0 Å². The third kappa shape index (κ3) is 4.16. The molecule has 0 N–H and O–H groups in total. The highest BCUT2D eigenvalue weighted by molar-refractivity contribution is 7.16. The standard InChI is InChI=1S/C14H15ClN2OS2/c1-3-17(8-12-5-6-13(15)20-12)14(18)7-4-11-9-19-10(2)16-11/h4-7,9H,3,8H2,1-2H3/b7-4+. The molecule has 0 aliphatic carbocycles. The van der Waals surface area contributed by atoms with E-state index in [0.29, 0.717) is 13.1 Å². The molecule has 0 unspecified atom stereocenters. The van der Waals surface area contributed by atoms with Gasteiger partial charge >= 0.3 is 0 Å². The van der Waals surface area contributed by atoms with Gasteiger partial charge in [-0.2, -0.15) is 0 Å². The molecule has 1 amide bonds. The zero-order valence-corrected chi connectivity index (χ0v) is 13.7. The molecular formula is C14H15ClN2OS2. The first-order valence-electron chi connectivity index (χ1n) is 6.22. The fraction of sp³-hybridized carbons (Fsp3) is 0.286. The molecule has 0 aliphatic heterocycles. The van der Waals surface area contributed by atoms with Crippen molar-refractivity contribution in [3.63, 3.8) is 0 Å². The van der Waals surface area contributed by atoms with Crippen LogP contribution in [0.25, 0.3) is 6.08 Å². The number of thiazole rings is 1. The van der Waals surface area contributed by atoms with Gasteiger partial charge in [-0.15, -0.1) is 22.7 Å². The topological polar surface area (TPSA) is 33.2 Å². The molecule has 0 bridgehead atoms. The van der Waals surface area contributed by atoms with Gasteiger partial charge in [0, 0.05) is 22.9 Å². The van der Waals surface area contributed by atoms with Gasteiger partial charge in [-0.1, -0.05) is 11.6 Å². The summed E-state index contributed by atoms with van der Waals surface area (Å²) in [5, 5.41) is 2.94. The van der Waals surface area contributed by atoms with E-state index in [9.17, 15) is 4.79 Å². The maximum absolute atomic E-state index is 12.2. The highest BCUT2D eigenvalue weighted by Crippen LogP contribution is 2.22. The Labute approximate surface area is 131 Å². The molecule has 0 atom stereocenters. The van der Waals surface area contributed by atoms with Crippen LogP contribution in [0.3, 0.4) is 0 Å². The van der Waals surface area contributed by atoms with Crippen molar-refractivity contribution in [2.24, 2.45) is 0 Å². The molecule has 2 aromatic rings. The van der Waals surface area contributed by atoms with E-state index in [4.69, 9.17) is 11.6 Å². The average Bonchev–Trinajstić information content (AvgIpc) is 3.02. The van der Waals surface area contributed by atoms with Crippen LogP contribution in [0.5, 0.6) is 0 Å². The Morgan fingerprint density at radius 1 is 1.50 bits per heavy atom. The first-order chi connectivity index (χ1) is 9.58. The fourth-order valence-corrected chi connectivity index (χ4v) is 3.37. The number of hydrogen-bond acceptors (Lipinski definition) is 4. The van der Waals surface area contributed by atoms with E-state index in [1.165, 1.54) is 11.3 Å². The van der Waals surface area contributed by atoms with E-state index in [1.807, 2.05) is 31.4 Å². The zero-order valence-electron chi connectivity index (χ0n) is 11.3. The van der Waals surface area contributed by atoms with Gasteiger partial charge in [0.25, 0.3) is 0 Å². The summed E-state index contributed by atoms with van der Waals surface area (Å²) in [5.41, 5.74) is 0.830. The SMILES string of the molecule is CCN(Cc1ccc(Cl)s1)C(=O)/C=C/c1csc(C)n1. The summed E-state index contributed by atoms with van der Waals surface area (Å²) >= 11 is 8.98. The number of likely N-dealkylation sites (N-methyl/N-ethyl adjacent to an activating group) is 1. The Balaban J connectivity index is 2.00. The van der Waals surface area contributed by atoms with E-state index in [-0.39, 0.29) is 5.91 Å². The van der Waals surface area contributed by atoms with Crippen LogP contribution >= 0.6 is 34.3 Å². The van der Waals surface area contributed by atoms with Gasteiger partial charge < -0.3 is 4.90 Å². The minimum absolute atomic E-state index is 0.0114. The largest absolute Gasteiger partial charge is 0.334 e. The number of amides is 1. The highest BCUT2D eigenvalue weighted by atomic mass is 35.5. The minimum Gasteiger partial charge on any atom is -0.334 e. The van der Waals surface area contributed by atoms with Crippen molar-refractivity contribution in [1.29, 1.82) is 0 Å². The lowest BCUT2D eigenvalue weighted by Crippen LogP contribution is -2.28. The first-order valence-corrected chi connectivity index (χ1v) is 8.29. The molecule has 2 aromatic heterocycles. The summed E-state index contributed by atoms with van der Waals surface area (Å²) in [6, 6.07) is 3.81. The number of nitrogens with zero attached hydrogens (tertiary/aromatic N) is 2.